The molecule has 2 aliphatic rings. The Hall–Kier alpha value is -5.96. The van der Waals surface area contributed by atoms with E-state index in [2.05, 4.69) is 209 Å². The van der Waals surface area contributed by atoms with Crippen molar-refractivity contribution in [2.75, 3.05) is 0 Å². The van der Waals surface area contributed by atoms with Crippen LogP contribution in [0.5, 0.6) is 0 Å². The zero-order valence-corrected chi connectivity index (χ0v) is 33.7. The second-order valence-corrected chi connectivity index (χ2v) is 17.2. The lowest BCUT2D eigenvalue weighted by atomic mass is 9.87. The normalized spacial score (nSPS) is 14.7. The van der Waals surface area contributed by atoms with E-state index in [1.54, 1.807) is 0 Å². The lowest BCUT2D eigenvalue weighted by molar-refractivity contribution is 0.590. The third-order valence-electron chi connectivity index (χ3n) is 10.2. The highest BCUT2D eigenvalue weighted by Crippen LogP contribution is 2.26. The van der Waals surface area contributed by atoms with Gasteiger partial charge in [-0.15, -0.1) is 0 Å². The molecule has 56 heavy (non-hydrogen) atoms. The van der Waals surface area contributed by atoms with E-state index in [0.29, 0.717) is 12.1 Å². The molecule has 0 N–H and O–H groups in total. The van der Waals surface area contributed by atoms with Gasteiger partial charge in [-0.05, 0) is 117 Å². The van der Waals surface area contributed by atoms with Gasteiger partial charge in [-0.2, -0.15) is 0 Å². The third-order valence-corrected chi connectivity index (χ3v) is 10.2. The van der Waals surface area contributed by atoms with Crippen LogP contribution in [0.2, 0.25) is 0 Å². The number of rotatable bonds is 8. The van der Waals surface area contributed by atoms with Gasteiger partial charge in [-0.25, -0.2) is 0 Å². The molecule has 2 heteroatoms. The van der Waals surface area contributed by atoms with Crippen LogP contribution in [0.4, 0.5) is 0 Å². The highest BCUT2D eigenvalue weighted by molar-refractivity contribution is 5.83. The SMILES string of the molecule is CC(C)(C)c1ccc(C#Cc2cc(/C=C/c3ccc(C=NC4CC4)cc3)c(C#Cc3ccc(C(C)(C)C)cc3)cc2/C=C/c2ccc(C=NC3CC3)cc2)cc1. The molecule has 2 saturated carbocycles. The minimum atomic E-state index is 0.0867. The van der Waals surface area contributed by atoms with E-state index < -0.39 is 0 Å². The summed E-state index contributed by atoms with van der Waals surface area (Å²) in [7, 11) is 0. The Kier molecular flexibility index (Phi) is 11.5. The van der Waals surface area contributed by atoms with Crippen LogP contribution in [0.1, 0.15) is 134 Å². The molecule has 2 aliphatic carbocycles. The van der Waals surface area contributed by atoms with Crippen molar-refractivity contribution in [2.24, 2.45) is 9.98 Å². The predicted octanol–water partition coefficient (Wildman–Crippen LogP) is 12.6. The summed E-state index contributed by atoms with van der Waals surface area (Å²) in [5.41, 5.74) is 13.2. The zero-order chi connectivity index (χ0) is 39.1. The molecule has 5 aromatic carbocycles. The van der Waals surface area contributed by atoms with Gasteiger partial charge < -0.3 is 0 Å². The summed E-state index contributed by atoms with van der Waals surface area (Å²) >= 11 is 0. The Morgan fingerprint density at radius 3 is 1.09 bits per heavy atom. The smallest absolute Gasteiger partial charge is 0.0501 e. The van der Waals surface area contributed by atoms with Crippen LogP contribution in [0.25, 0.3) is 24.3 Å². The van der Waals surface area contributed by atoms with Gasteiger partial charge in [-0.1, -0.05) is 162 Å². The average Bonchev–Trinajstić information content (AvgIpc) is 4.13. The minimum Gasteiger partial charge on any atom is -0.289 e. The van der Waals surface area contributed by atoms with Crippen LogP contribution in [0, 0.1) is 23.7 Å². The maximum atomic E-state index is 4.65. The number of aliphatic imine (C=N–C) groups is 2. The van der Waals surface area contributed by atoms with E-state index in [4.69, 9.17) is 0 Å². The first-order chi connectivity index (χ1) is 26.9. The van der Waals surface area contributed by atoms with Crippen molar-refractivity contribution in [1.82, 2.24) is 0 Å². The second-order valence-electron chi connectivity index (χ2n) is 17.2. The van der Waals surface area contributed by atoms with Gasteiger partial charge in [0.2, 0.25) is 0 Å². The summed E-state index contributed by atoms with van der Waals surface area (Å²) < 4.78 is 0. The molecule has 0 aliphatic heterocycles. The first-order valence-corrected chi connectivity index (χ1v) is 20.0. The fourth-order valence-corrected chi connectivity index (χ4v) is 6.10. The number of hydrogen-bond donors (Lipinski definition) is 0. The maximum absolute atomic E-state index is 4.65. The average molecular weight is 729 g/mol. The fraction of sp³-hybridized carbons (Fsp3) is 0.259. The lowest BCUT2D eigenvalue weighted by Crippen LogP contribution is -2.10. The van der Waals surface area contributed by atoms with Crippen molar-refractivity contribution in [1.29, 1.82) is 0 Å². The molecule has 0 heterocycles. The molecule has 0 bridgehead atoms. The van der Waals surface area contributed by atoms with Gasteiger partial charge in [-0.3, -0.25) is 9.98 Å². The lowest BCUT2D eigenvalue weighted by Gasteiger charge is -2.18. The highest BCUT2D eigenvalue weighted by Gasteiger charge is 2.19. The van der Waals surface area contributed by atoms with E-state index in [1.807, 2.05) is 12.4 Å². The third kappa shape index (κ3) is 11.1. The molecule has 0 saturated heterocycles. The van der Waals surface area contributed by atoms with E-state index >= 15 is 0 Å². The van der Waals surface area contributed by atoms with E-state index in [1.165, 1.54) is 36.8 Å². The quantitative estimate of drug-likeness (QED) is 0.0863. The van der Waals surface area contributed by atoms with Gasteiger partial charge in [0.25, 0.3) is 0 Å². The van der Waals surface area contributed by atoms with Gasteiger partial charge in [0, 0.05) is 34.7 Å². The molecule has 0 unspecified atom stereocenters. The topological polar surface area (TPSA) is 24.7 Å². The van der Waals surface area contributed by atoms with Crippen molar-refractivity contribution < 1.29 is 0 Å². The summed E-state index contributed by atoms with van der Waals surface area (Å²) in [5.74, 6) is 14.0. The first-order valence-electron chi connectivity index (χ1n) is 20.0. The number of benzene rings is 5. The molecule has 0 aromatic heterocycles. The van der Waals surface area contributed by atoms with Crippen LogP contribution < -0.4 is 0 Å². The zero-order valence-electron chi connectivity index (χ0n) is 33.7. The van der Waals surface area contributed by atoms with E-state index in [-0.39, 0.29) is 10.8 Å². The Morgan fingerprint density at radius 1 is 0.429 bits per heavy atom. The molecule has 0 spiro atoms. The van der Waals surface area contributed by atoms with Gasteiger partial charge in [0.15, 0.2) is 0 Å². The molecule has 278 valence electrons. The number of nitrogens with zero attached hydrogens (tertiary/aromatic N) is 2. The van der Waals surface area contributed by atoms with Gasteiger partial charge in [0.1, 0.15) is 0 Å². The van der Waals surface area contributed by atoms with Crippen LogP contribution in [0.15, 0.2) is 119 Å². The maximum Gasteiger partial charge on any atom is 0.0501 e. The molecule has 2 fully saturated rings. The largest absolute Gasteiger partial charge is 0.289 e. The van der Waals surface area contributed by atoms with Crippen LogP contribution in [-0.2, 0) is 10.8 Å². The van der Waals surface area contributed by atoms with Crippen molar-refractivity contribution in [3.63, 3.8) is 0 Å². The molecular formula is C54H52N2. The number of hydrogen-bond acceptors (Lipinski definition) is 2. The van der Waals surface area contributed by atoms with Gasteiger partial charge in [0.05, 0.1) is 12.1 Å². The molecule has 5 aromatic rings. The molecular weight excluding hydrogens is 677 g/mol. The molecule has 7 rings (SSSR count). The van der Waals surface area contributed by atoms with E-state index in [0.717, 1.165) is 55.6 Å². The van der Waals surface area contributed by atoms with Crippen molar-refractivity contribution in [3.05, 3.63) is 176 Å². The monoisotopic (exact) mass is 728 g/mol. The molecule has 2 nitrogen and oxygen atoms in total. The van der Waals surface area contributed by atoms with Crippen molar-refractivity contribution >= 4 is 36.7 Å². The molecule has 0 atom stereocenters. The Labute approximate surface area is 335 Å². The summed E-state index contributed by atoms with van der Waals surface area (Å²) in [5, 5.41) is 0. The van der Waals surface area contributed by atoms with Crippen LogP contribution in [-0.4, -0.2) is 24.5 Å². The van der Waals surface area contributed by atoms with Crippen molar-refractivity contribution in [3.8, 4) is 23.7 Å². The first kappa shape index (κ1) is 38.3. The van der Waals surface area contributed by atoms with Crippen LogP contribution in [0.3, 0.4) is 0 Å². The standard InChI is InChI=1S/C54H52N2/c1-53(2,3)49-27-19-41(20-28-49)17-25-47-35-46(24-16-40-9-13-44(14-10-40)38-56-52-33-34-52)48(26-18-42-21-29-50(30-22-42)54(4,5)6)36-45(47)23-15-39-7-11-43(12-8-39)37-55-51-31-32-51/h7-16,19-24,27-30,35-38,51-52H,31-34H2,1-6H3/b23-15+,24-16+,55-37?,56-38?. The summed E-state index contributed by atoms with van der Waals surface area (Å²) in [6, 6.07) is 39.8. The summed E-state index contributed by atoms with van der Waals surface area (Å²) in [6.45, 7) is 13.4. The molecule has 0 amide bonds. The summed E-state index contributed by atoms with van der Waals surface area (Å²) in [6.07, 6.45) is 17.5. The van der Waals surface area contributed by atoms with Crippen molar-refractivity contribution in [2.45, 2.75) is 90.1 Å². The summed E-state index contributed by atoms with van der Waals surface area (Å²) in [4.78, 5) is 9.29. The van der Waals surface area contributed by atoms with E-state index in [9.17, 15) is 0 Å². The predicted molar refractivity (Wildman–Crippen MR) is 241 cm³/mol. The fourth-order valence-electron chi connectivity index (χ4n) is 6.10. The Bertz CT molecular complexity index is 2220. The van der Waals surface area contributed by atoms with Gasteiger partial charge >= 0.3 is 0 Å². The molecule has 0 radical (unpaired) electrons. The second kappa shape index (κ2) is 16.8. The Morgan fingerprint density at radius 2 is 0.768 bits per heavy atom. The highest BCUT2D eigenvalue weighted by atomic mass is 14.8. The van der Waals surface area contributed by atoms with Crippen LogP contribution >= 0.6 is 0 Å². The minimum absolute atomic E-state index is 0.0867. The Balaban J connectivity index is 1.27.